The molecule has 5 aliphatic rings. The molecule has 0 unspecified atom stereocenters. The van der Waals surface area contributed by atoms with E-state index in [-0.39, 0.29) is 12.5 Å². The molecule has 0 radical (unpaired) electrons. The topological polar surface area (TPSA) is 51.1 Å². The van der Waals surface area contributed by atoms with Crippen molar-refractivity contribution in [1.29, 1.82) is 0 Å². The van der Waals surface area contributed by atoms with Gasteiger partial charge in [-0.05, 0) is 91.5 Å². The number of benzene rings is 2. The Kier molecular flexibility index (Phi) is 3.53. The van der Waals surface area contributed by atoms with Gasteiger partial charge in [0.05, 0.1) is 5.69 Å². The molecule has 144 valence electrons. The van der Waals surface area contributed by atoms with Crippen LogP contribution in [0.1, 0.15) is 49.7 Å². The summed E-state index contributed by atoms with van der Waals surface area (Å²) in [6, 6.07) is 11.8. The highest BCUT2D eigenvalue weighted by Crippen LogP contribution is 2.60. The summed E-state index contributed by atoms with van der Waals surface area (Å²) in [5, 5.41) is 10.4. The smallest absolute Gasteiger partial charge is 0.231 e. The summed E-state index contributed by atoms with van der Waals surface area (Å²) in [7, 11) is 0. The monoisotopic (exact) mass is 375 g/mol. The molecule has 0 atom stereocenters. The molecule has 4 heteroatoms. The van der Waals surface area contributed by atoms with Gasteiger partial charge >= 0.3 is 0 Å². The average molecular weight is 375 g/mol. The molecule has 0 spiro atoms. The zero-order valence-electron chi connectivity index (χ0n) is 15.9. The van der Waals surface area contributed by atoms with Crippen LogP contribution in [-0.4, -0.2) is 18.1 Å². The number of aromatic hydroxyl groups is 1. The largest absolute Gasteiger partial charge is 0.507 e. The Balaban J connectivity index is 1.31. The number of nitrogens with zero attached hydrogens (tertiary/aromatic N) is 1. The number of hydrogen-bond acceptors (Lipinski definition) is 4. The van der Waals surface area contributed by atoms with Gasteiger partial charge in [-0.3, -0.25) is 4.99 Å². The van der Waals surface area contributed by atoms with Crippen LogP contribution in [0.15, 0.2) is 41.4 Å². The molecule has 4 bridgehead atoms. The Hall–Kier alpha value is -2.49. The second-order valence-corrected chi connectivity index (χ2v) is 9.27. The second kappa shape index (κ2) is 6.00. The zero-order valence-corrected chi connectivity index (χ0v) is 15.9. The molecule has 0 aromatic heterocycles. The van der Waals surface area contributed by atoms with Crippen LogP contribution in [0.2, 0.25) is 0 Å². The quantitative estimate of drug-likeness (QED) is 0.737. The molecule has 2 aromatic carbocycles. The molecular weight excluding hydrogens is 350 g/mol. The summed E-state index contributed by atoms with van der Waals surface area (Å²) in [6.07, 6.45) is 10.1. The number of hydrogen-bond donors (Lipinski definition) is 1. The SMILES string of the molecule is Oc1ccc(C23CC4CC(CC(C4)C2)C3)cc1C=Nc1ccc2c(c1)OCO2. The summed E-state index contributed by atoms with van der Waals surface area (Å²) >= 11 is 0. The number of fused-ring (bicyclic) bond motifs is 1. The molecule has 4 fully saturated rings. The number of phenols is 1. The molecule has 28 heavy (non-hydrogen) atoms. The molecule has 0 amide bonds. The summed E-state index contributed by atoms with van der Waals surface area (Å²) in [5.41, 5.74) is 3.32. The predicted molar refractivity (Wildman–Crippen MR) is 108 cm³/mol. The van der Waals surface area contributed by atoms with Gasteiger partial charge in [-0.15, -0.1) is 0 Å². The summed E-state index contributed by atoms with van der Waals surface area (Å²) < 4.78 is 10.8. The Morgan fingerprint density at radius 2 is 1.61 bits per heavy atom. The highest BCUT2D eigenvalue weighted by Gasteiger charge is 2.51. The van der Waals surface area contributed by atoms with Crippen molar-refractivity contribution in [1.82, 2.24) is 0 Å². The van der Waals surface area contributed by atoms with Crippen LogP contribution < -0.4 is 9.47 Å². The van der Waals surface area contributed by atoms with Crippen LogP contribution in [0.5, 0.6) is 17.2 Å². The third-order valence-electron chi connectivity index (χ3n) is 7.39. The maximum absolute atomic E-state index is 10.4. The standard InChI is InChI=1S/C24H25NO3/c26-21-3-1-19(24-10-15-5-16(11-24)7-17(6-15)12-24)8-18(21)13-25-20-2-4-22-23(9-20)28-14-27-22/h1-4,8-9,13,15-17,26H,5-7,10-12,14H2. The fourth-order valence-electron chi connectivity index (χ4n) is 6.56. The van der Waals surface area contributed by atoms with Crippen LogP contribution >= 0.6 is 0 Å². The van der Waals surface area contributed by atoms with Crippen LogP contribution in [0, 0.1) is 17.8 Å². The first kappa shape index (κ1) is 16.5. The average Bonchev–Trinajstić information content (AvgIpc) is 3.14. The van der Waals surface area contributed by atoms with Crippen LogP contribution in [0.25, 0.3) is 0 Å². The molecule has 1 heterocycles. The van der Waals surface area contributed by atoms with Gasteiger partial charge < -0.3 is 14.6 Å². The van der Waals surface area contributed by atoms with E-state index in [2.05, 4.69) is 17.1 Å². The molecule has 1 N–H and O–H groups in total. The first-order chi connectivity index (χ1) is 13.7. The van der Waals surface area contributed by atoms with E-state index in [1.165, 1.54) is 44.1 Å². The maximum atomic E-state index is 10.4. The minimum Gasteiger partial charge on any atom is -0.507 e. The Morgan fingerprint density at radius 3 is 2.36 bits per heavy atom. The highest BCUT2D eigenvalue weighted by atomic mass is 16.7. The van der Waals surface area contributed by atoms with E-state index < -0.39 is 0 Å². The van der Waals surface area contributed by atoms with Crippen molar-refractivity contribution in [3.05, 3.63) is 47.5 Å². The van der Waals surface area contributed by atoms with Gasteiger partial charge in [0.2, 0.25) is 6.79 Å². The van der Waals surface area contributed by atoms with Crippen LogP contribution in [0.3, 0.4) is 0 Å². The number of ether oxygens (including phenoxy) is 2. The molecular formula is C24H25NO3. The summed E-state index contributed by atoms with van der Waals surface area (Å²) in [4.78, 5) is 4.58. The summed E-state index contributed by atoms with van der Waals surface area (Å²) in [6.45, 7) is 0.260. The van der Waals surface area contributed by atoms with Crippen molar-refractivity contribution in [3.63, 3.8) is 0 Å². The third-order valence-corrected chi connectivity index (χ3v) is 7.39. The lowest BCUT2D eigenvalue weighted by molar-refractivity contribution is -0.00520. The highest BCUT2D eigenvalue weighted by molar-refractivity contribution is 5.86. The van der Waals surface area contributed by atoms with Gasteiger partial charge in [-0.2, -0.15) is 0 Å². The molecule has 7 rings (SSSR count). The lowest BCUT2D eigenvalue weighted by atomic mass is 9.48. The summed E-state index contributed by atoms with van der Waals surface area (Å²) in [5.74, 6) is 4.49. The van der Waals surface area contributed by atoms with E-state index in [0.29, 0.717) is 5.41 Å². The van der Waals surface area contributed by atoms with Gasteiger partial charge in [0, 0.05) is 17.8 Å². The Bertz CT molecular complexity index is 929. The lowest BCUT2D eigenvalue weighted by Crippen LogP contribution is -2.48. The van der Waals surface area contributed by atoms with Crippen molar-refractivity contribution >= 4 is 11.9 Å². The van der Waals surface area contributed by atoms with Crippen molar-refractivity contribution in [2.45, 2.75) is 43.9 Å². The number of aliphatic imine (C=N–C) groups is 1. The molecule has 4 nitrogen and oxygen atoms in total. The zero-order chi connectivity index (χ0) is 18.7. The van der Waals surface area contributed by atoms with Crippen LogP contribution in [0.4, 0.5) is 5.69 Å². The van der Waals surface area contributed by atoms with Crippen molar-refractivity contribution < 1.29 is 14.6 Å². The van der Waals surface area contributed by atoms with Crippen molar-refractivity contribution in [3.8, 4) is 17.2 Å². The van der Waals surface area contributed by atoms with Crippen molar-refractivity contribution in [2.24, 2.45) is 22.7 Å². The van der Waals surface area contributed by atoms with Gasteiger partial charge in [0.1, 0.15) is 5.75 Å². The third kappa shape index (κ3) is 2.61. The van der Waals surface area contributed by atoms with E-state index in [9.17, 15) is 5.11 Å². The van der Waals surface area contributed by atoms with Gasteiger partial charge in [-0.25, -0.2) is 0 Å². The molecule has 0 saturated heterocycles. The molecule has 1 aliphatic heterocycles. The Morgan fingerprint density at radius 1 is 0.893 bits per heavy atom. The first-order valence-electron chi connectivity index (χ1n) is 10.4. The molecule has 4 aliphatic carbocycles. The number of rotatable bonds is 3. The van der Waals surface area contributed by atoms with E-state index in [1.54, 1.807) is 6.21 Å². The fourth-order valence-corrected chi connectivity index (χ4v) is 6.56. The normalized spacial score (nSPS) is 32.4. The molecule has 2 aromatic rings. The van der Waals surface area contributed by atoms with E-state index in [0.717, 1.165) is 40.5 Å². The minimum absolute atomic E-state index is 0.260. The van der Waals surface area contributed by atoms with Gasteiger partial charge in [0.25, 0.3) is 0 Å². The Labute approximate surface area is 165 Å². The van der Waals surface area contributed by atoms with E-state index in [4.69, 9.17) is 9.47 Å². The molecule has 4 saturated carbocycles. The van der Waals surface area contributed by atoms with Crippen LogP contribution in [-0.2, 0) is 5.41 Å². The maximum Gasteiger partial charge on any atom is 0.231 e. The fraction of sp³-hybridized carbons (Fsp3) is 0.458. The first-order valence-corrected chi connectivity index (χ1v) is 10.4. The van der Waals surface area contributed by atoms with E-state index >= 15 is 0 Å². The van der Waals surface area contributed by atoms with Gasteiger partial charge in [0.15, 0.2) is 11.5 Å². The minimum atomic E-state index is 0.260. The van der Waals surface area contributed by atoms with E-state index in [1.807, 2.05) is 24.3 Å². The second-order valence-electron chi connectivity index (χ2n) is 9.27. The van der Waals surface area contributed by atoms with Crippen molar-refractivity contribution in [2.75, 3.05) is 6.79 Å². The predicted octanol–water partition coefficient (Wildman–Crippen LogP) is 5.34. The lowest BCUT2D eigenvalue weighted by Gasteiger charge is -2.57. The van der Waals surface area contributed by atoms with Gasteiger partial charge in [-0.1, -0.05) is 6.07 Å². The number of phenolic OH excluding ortho intramolecular Hbond substituents is 1.